The Morgan fingerprint density at radius 2 is 1.90 bits per heavy atom. The molecule has 6 heteroatoms. The van der Waals surface area contributed by atoms with Crippen molar-refractivity contribution in [1.29, 1.82) is 0 Å². The molecule has 0 spiro atoms. The van der Waals surface area contributed by atoms with E-state index < -0.39 is 6.09 Å². The molecule has 0 radical (unpaired) electrons. The topological polar surface area (TPSA) is 71.0 Å². The van der Waals surface area contributed by atoms with Gasteiger partial charge in [0.25, 0.3) is 0 Å². The number of methoxy groups -OCH3 is 2. The molecule has 2 N–H and O–H groups in total. The van der Waals surface area contributed by atoms with Gasteiger partial charge in [0.1, 0.15) is 0 Å². The van der Waals surface area contributed by atoms with Gasteiger partial charge in [-0.2, -0.15) is 0 Å². The van der Waals surface area contributed by atoms with E-state index in [0.717, 1.165) is 50.3 Å². The van der Waals surface area contributed by atoms with Crippen molar-refractivity contribution in [2.75, 3.05) is 20.8 Å². The molecule has 2 aromatic rings. The van der Waals surface area contributed by atoms with Crippen molar-refractivity contribution >= 4 is 6.09 Å². The molecular weight excluding hydrogens is 380 g/mol. The first kappa shape index (κ1) is 20.5. The SMILES string of the molecule is COc1ccc([C@@]23CC[C@@H](NC(=O)O)C[C@@H]2N(Cc2ccccc2)CC3)cc1OC. The summed E-state index contributed by atoms with van der Waals surface area (Å²) in [6.45, 7) is 1.87. The van der Waals surface area contributed by atoms with E-state index in [9.17, 15) is 9.90 Å². The highest BCUT2D eigenvalue weighted by Gasteiger charge is 2.51. The maximum absolute atomic E-state index is 11.3. The third-order valence-electron chi connectivity index (χ3n) is 6.89. The molecule has 1 amide bonds. The summed E-state index contributed by atoms with van der Waals surface area (Å²) in [5, 5.41) is 12.0. The Balaban J connectivity index is 1.67. The summed E-state index contributed by atoms with van der Waals surface area (Å²) in [6.07, 6.45) is 2.72. The second-order valence-corrected chi connectivity index (χ2v) is 8.37. The Labute approximate surface area is 177 Å². The number of amides is 1. The summed E-state index contributed by atoms with van der Waals surface area (Å²) in [7, 11) is 3.32. The number of nitrogens with zero attached hydrogens (tertiary/aromatic N) is 1. The molecule has 0 aromatic heterocycles. The van der Waals surface area contributed by atoms with Gasteiger partial charge in [0.15, 0.2) is 11.5 Å². The van der Waals surface area contributed by atoms with Gasteiger partial charge >= 0.3 is 6.09 Å². The van der Waals surface area contributed by atoms with Crippen LogP contribution in [0.3, 0.4) is 0 Å². The van der Waals surface area contributed by atoms with Crippen LogP contribution in [0.25, 0.3) is 0 Å². The molecule has 160 valence electrons. The van der Waals surface area contributed by atoms with Crippen LogP contribution in [0.2, 0.25) is 0 Å². The molecule has 3 atom stereocenters. The van der Waals surface area contributed by atoms with E-state index in [1.54, 1.807) is 14.2 Å². The highest BCUT2D eigenvalue weighted by atomic mass is 16.5. The van der Waals surface area contributed by atoms with Gasteiger partial charge in [-0.3, -0.25) is 4.90 Å². The molecule has 2 aliphatic rings. The zero-order valence-corrected chi connectivity index (χ0v) is 17.6. The minimum absolute atomic E-state index is 0.00891. The predicted octanol–water partition coefficient (Wildman–Crippen LogP) is 4.04. The smallest absolute Gasteiger partial charge is 0.404 e. The van der Waals surface area contributed by atoms with Crippen molar-refractivity contribution in [3.63, 3.8) is 0 Å². The minimum Gasteiger partial charge on any atom is -0.493 e. The quantitative estimate of drug-likeness (QED) is 0.752. The number of nitrogens with one attached hydrogen (secondary N) is 1. The van der Waals surface area contributed by atoms with Gasteiger partial charge in [-0.05, 0) is 55.5 Å². The molecule has 6 nitrogen and oxygen atoms in total. The molecule has 2 fully saturated rings. The van der Waals surface area contributed by atoms with Crippen LogP contribution in [-0.2, 0) is 12.0 Å². The van der Waals surface area contributed by atoms with Crippen LogP contribution in [0.4, 0.5) is 4.79 Å². The number of ether oxygens (including phenoxy) is 2. The second-order valence-electron chi connectivity index (χ2n) is 8.37. The number of carboxylic acid groups (broad SMARTS) is 1. The maximum atomic E-state index is 11.3. The minimum atomic E-state index is -0.939. The van der Waals surface area contributed by atoms with Gasteiger partial charge in [-0.25, -0.2) is 4.79 Å². The largest absolute Gasteiger partial charge is 0.493 e. The molecule has 1 saturated carbocycles. The predicted molar refractivity (Wildman–Crippen MR) is 115 cm³/mol. The van der Waals surface area contributed by atoms with Gasteiger partial charge in [0, 0.05) is 24.0 Å². The van der Waals surface area contributed by atoms with Crippen LogP contribution >= 0.6 is 0 Å². The Morgan fingerprint density at radius 1 is 1.13 bits per heavy atom. The lowest BCUT2D eigenvalue weighted by atomic mass is 9.65. The fraction of sp³-hybridized carbons (Fsp3) is 0.458. The number of hydrogen-bond donors (Lipinski definition) is 2. The number of likely N-dealkylation sites (tertiary alicyclic amines) is 1. The van der Waals surface area contributed by atoms with Crippen LogP contribution in [-0.4, -0.2) is 48.9 Å². The van der Waals surface area contributed by atoms with E-state index in [1.165, 1.54) is 11.1 Å². The van der Waals surface area contributed by atoms with E-state index in [2.05, 4.69) is 46.6 Å². The fourth-order valence-electron chi connectivity index (χ4n) is 5.44. The molecule has 4 rings (SSSR count). The number of rotatable bonds is 6. The first-order valence-electron chi connectivity index (χ1n) is 10.6. The van der Waals surface area contributed by atoms with E-state index >= 15 is 0 Å². The maximum Gasteiger partial charge on any atom is 0.404 e. The van der Waals surface area contributed by atoms with E-state index in [1.807, 2.05) is 12.1 Å². The standard InChI is InChI=1S/C24H30N2O4/c1-29-20-9-8-18(14-21(20)30-2)24-11-10-19(25-23(27)28)15-22(24)26(13-12-24)16-17-6-4-3-5-7-17/h3-9,14,19,22,25H,10-13,15-16H2,1-2H3,(H,27,28)/t19-,22+,24+/m1/s1. The zero-order chi connectivity index (χ0) is 21.1. The van der Waals surface area contributed by atoms with Crippen molar-refractivity contribution in [2.45, 2.75) is 49.7 Å². The van der Waals surface area contributed by atoms with Gasteiger partial charge in [0.2, 0.25) is 0 Å². The molecule has 1 aliphatic carbocycles. The highest BCUT2D eigenvalue weighted by molar-refractivity contribution is 5.65. The molecule has 1 heterocycles. The monoisotopic (exact) mass is 410 g/mol. The number of carbonyl (C=O) groups is 1. The summed E-state index contributed by atoms with van der Waals surface area (Å²) in [4.78, 5) is 13.8. The number of benzene rings is 2. The molecule has 2 aromatic carbocycles. The lowest BCUT2D eigenvalue weighted by Gasteiger charge is -2.45. The molecule has 0 unspecified atom stereocenters. The van der Waals surface area contributed by atoms with Crippen LogP contribution in [0, 0.1) is 0 Å². The Hall–Kier alpha value is -2.73. The highest BCUT2D eigenvalue weighted by Crippen LogP contribution is 2.50. The molecule has 30 heavy (non-hydrogen) atoms. The molecule has 0 bridgehead atoms. The Kier molecular flexibility index (Phi) is 5.86. The van der Waals surface area contributed by atoms with Gasteiger partial charge in [-0.15, -0.1) is 0 Å². The Bertz CT molecular complexity index is 888. The van der Waals surface area contributed by atoms with E-state index in [0.29, 0.717) is 0 Å². The Morgan fingerprint density at radius 3 is 2.60 bits per heavy atom. The van der Waals surface area contributed by atoms with Gasteiger partial charge < -0.3 is 19.9 Å². The van der Waals surface area contributed by atoms with E-state index in [-0.39, 0.29) is 17.5 Å². The third-order valence-corrected chi connectivity index (χ3v) is 6.89. The molecule has 1 saturated heterocycles. The van der Waals surface area contributed by atoms with Crippen LogP contribution in [0.1, 0.15) is 36.8 Å². The molecule has 1 aliphatic heterocycles. The summed E-state index contributed by atoms with van der Waals surface area (Å²) in [5.41, 5.74) is 2.54. The average Bonchev–Trinajstić information content (AvgIpc) is 3.12. The fourth-order valence-corrected chi connectivity index (χ4v) is 5.44. The van der Waals surface area contributed by atoms with Gasteiger partial charge in [-0.1, -0.05) is 36.4 Å². The normalized spacial score (nSPS) is 26.1. The van der Waals surface area contributed by atoms with Crippen molar-refractivity contribution < 1.29 is 19.4 Å². The first-order valence-corrected chi connectivity index (χ1v) is 10.6. The van der Waals surface area contributed by atoms with Crippen LogP contribution in [0.5, 0.6) is 11.5 Å². The van der Waals surface area contributed by atoms with Crippen molar-refractivity contribution in [3.05, 3.63) is 59.7 Å². The summed E-state index contributed by atoms with van der Waals surface area (Å²) < 4.78 is 11.0. The summed E-state index contributed by atoms with van der Waals surface area (Å²) in [5.74, 6) is 1.48. The summed E-state index contributed by atoms with van der Waals surface area (Å²) in [6, 6.07) is 17.0. The third kappa shape index (κ3) is 3.84. The van der Waals surface area contributed by atoms with Crippen LogP contribution < -0.4 is 14.8 Å². The average molecular weight is 411 g/mol. The first-order chi connectivity index (χ1) is 14.6. The van der Waals surface area contributed by atoms with Crippen LogP contribution in [0.15, 0.2) is 48.5 Å². The van der Waals surface area contributed by atoms with Crippen molar-refractivity contribution in [3.8, 4) is 11.5 Å². The van der Waals surface area contributed by atoms with Crippen molar-refractivity contribution in [2.24, 2.45) is 0 Å². The lowest BCUT2D eigenvalue weighted by molar-refractivity contribution is 0.124. The molecular formula is C24H30N2O4. The van der Waals surface area contributed by atoms with E-state index in [4.69, 9.17) is 9.47 Å². The van der Waals surface area contributed by atoms with Crippen molar-refractivity contribution in [1.82, 2.24) is 10.2 Å². The van der Waals surface area contributed by atoms with Gasteiger partial charge in [0.05, 0.1) is 14.2 Å². The summed E-state index contributed by atoms with van der Waals surface area (Å²) >= 11 is 0. The second kappa shape index (κ2) is 8.56. The number of hydrogen-bond acceptors (Lipinski definition) is 4. The lowest BCUT2D eigenvalue weighted by Crippen LogP contribution is -2.52. The number of fused-ring (bicyclic) bond motifs is 1. The zero-order valence-electron chi connectivity index (χ0n) is 17.6.